The van der Waals surface area contributed by atoms with Crippen molar-refractivity contribution < 1.29 is 38.6 Å². The Labute approximate surface area is 169 Å². The highest BCUT2D eigenvalue weighted by molar-refractivity contribution is 4.87. The van der Waals surface area contributed by atoms with Gasteiger partial charge in [0.05, 0.1) is 92.5 Å². The van der Waals surface area contributed by atoms with Gasteiger partial charge in [0.1, 0.15) is 0 Å². The van der Waals surface area contributed by atoms with Crippen LogP contribution in [0, 0.1) is 10.8 Å². The van der Waals surface area contributed by atoms with Crippen LogP contribution in [0.4, 0.5) is 0 Å². The van der Waals surface area contributed by atoms with Gasteiger partial charge in [0.25, 0.3) is 0 Å². The third-order valence-electron chi connectivity index (χ3n) is 5.16. The topological polar surface area (TPSA) is 95.8 Å². The maximum Gasteiger partial charge on any atom is 0.0701 e. The molecule has 168 valence electrons. The van der Waals surface area contributed by atoms with Crippen LogP contribution in [0.5, 0.6) is 0 Å². The molecule has 2 aliphatic heterocycles. The monoisotopic (exact) mass is 408 g/mol. The highest BCUT2D eigenvalue weighted by atomic mass is 16.5. The number of hydrogen-bond acceptors (Lipinski definition) is 8. The molecule has 2 heterocycles. The molecular weight excluding hydrogens is 368 g/mol. The second-order valence-electron chi connectivity index (χ2n) is 7.47. The molecule has 0 aromatic carbocycles. The maximum atomic E-state index is 8.36. The van der Waals surface area contributed by atoms with Gasteiger partial charge in [-0.2, -0.15) is 0 Å². The third-order valence-corrected chi connectivity index (χ3v) is 5.16. The fourth-order valence-electron chi connectivity index (χ4n) is 2.72. The zero-order chi connectivity index (χ0) is 20.6. The fourth-order valence-corrected chi connectivity index (χ4v) is 2.72. The molecule has 2 rings (SSSR count). The van der Waals surface area contributed by atoms with E-state index in [0.29, 0.717) is 50.5 Å². The van der Waals surface area contributed by atoms with Crippen LogP contribution in [0.3, 0.4) is 0 Å². The molecule has 0 spiro atoms. The van der Waals surface area contributed by atoms with Crippen LogP contribution in [-0.2, 0) is 28.4 Å². The SMILES string of the molecule is CCC1(COCC2(CC)COC2)COC1.OCCOCCOCCOCCO. The Morgan fingerprint density at radius 3 is 1.21 bits per heavy atom. The summed E-state index contributed by atoms with van der Waals surface area (Å²) < 4.78 is 31.4. The van der Waals surface area contributed by atoms with Crippen molar-refractivity contribution in [3.8, 4) is 0 Å². The summed E-state index contributed by atoms with van der Waals surface area (Å²) in [5.74, 6) is 0. The standard InChI is InChI=1S/C12H22O3.C8H18O5/c1-3-11(5-13-6-11)9-15-10-12(4-2)7-14-8-12;9-1-3-11-5-7-13-8-6-12-4-2-10/h3-10H2,1-2H3;9-10H,1-8H2. The number of aliphatic hydroxyl groups excluding tert-OH is 2. The van der Waals surface area contributed by atoms with Gasteiger partial charge < -0.3 is 38.6 Å². The first-order valence-corrected chi connectivity index (χ1v) is 10.3. The van der Waals surface area contributed by atoms with E-state index < -0.39 is 0 Å². The molecule has 8 heteroatoms. The molecule has 0 aromatic heterocycles. The lowest BCUT2D eigenvalue weighted by Gasteiger charge is -2.44. The molecule has 2 N–H and O–H groups in total. The lowest BCUT2D eigenvalue weighted by atomic mass is 9.83. The van der Waals surface area contributed by atoms with Gasteiger partial charge in [-0.15, -0.1) is 0 Å². The van der Waals surface area contributed by atoms with E-state index in [9.17, 15) is 0 Å². The number of hydrogen-bond donors (Lipinski definition) is 2. The second kappa shape index (κ2) is 15.5. The van der Waals surface area contributed by atoms with Gasteiger partial charge in [-0.3, -0.25) is 0 Å². The Kier molecular flexibility index (Phi) is 14.2. The Morgan fingerprint density at radius 1 is 0.607 bits per heavy atom. The highest BCUT2D eigenvalue weighted by Gasteiger charge is 2.40. The van der Waals surface area contributed by atoms with Gasteiger partial charge in [-0.25, -0.2) is 0 Å². The summed E-state index contributed by atoms with van der Waals surface area (Å²) in [6, 6.07) is 0. The molecule has 0 bridgehead atoms. The van der Waals surface area contributed by atoms with E-state index >= 15 is 0 Å². The summed E-state index contributed by atoms with van der Waals surface area (Å²) in [6.07, 6.45) is 2.31. The van der Waals surface area contributed by atoms with E-state index in [-0.39, 0.29) is 13.2 Å². The Morgan fingerprint density at radius 2 is 0.964 bits per heavy atom. The summed E-state index contributed by atoms with van der Waals surface area (Å²) >= 11 is 0. The highest BCUT2D eigenvalue weighted by Crippen LogP contribution is 2.35. The van der Waals surface area contributed by atoms with Crippen molar-refractivity contribution >= 4 is 0 Å². The molecule has 2 aliphatic rings. The Bertz CT molecular complexity index is 315. The van der Waals surface area contributed by atoms with E-state index in [0.717, 1.165) is 52.5 Å². The zero-order valence-electron chi connectivity index (χ0n) is 17.7. The normalized spacial score (nSPS) is 19.3. The summed E-state index contributed by atoms with van der Waals surface area (Å²) in [5.41, 5.74) is 0.638. The fraction of sp³-hybridized carbons (Fsp3) is 1.00. The summed E-state index contributed by atoms with van der Waals surface area (Å²) in [7, 11) is 0. The lowest BCUT2D eigenvalue weighted by molar-refractivity contribution is -0.187. The minimum absolute atomic E-state index is 0.0413. The first-order chi connectivity index (χ1) is 13.7. The summed E-state index contributed by atoms with van der Waals surface area (Å²) in [6.45, 7) is 12.4. The number of rotatable bonds is 16. The van der Waals surface area contributed by atoms with Crippen LogP contribution in [0.15, 0.2) is 0 Å². The van der Waals surface area contributed by atoms with Gasteiger partial charge in [-0.05, 0) is 12.8 Å². The number of ether oxygens (including phenoxy) is 6. The first kappa shape index (κ1) is 25.7. The van der Waals surface area contributed by atoms with Gasteiger partial charge in [-0.1, -0.05) is 13.8 Å². The predicted octanol–water partition coefficient (Wildman–Crippen LogP) is 0.877. The molecule has 0 aromatic rings. The molecule has 0 unspecified atom stereocenters. The average Bonchev–Trinajstić information content (AvgIpc) is 2.65. The Balaban J connectivity index is 0.000000284. The van der Waals surface area contributed by atoms with E-state index in [1.807, 2.05) is 0 Å². The van der Waals surface area contributed by atoms with Crippen molar-refractivity contribution in [3.63, 3.8) is 0 Å². The van der Waals surface area contributed by atoms with Crippen molar-refractivity contribution in [2.45, 2.75) is 26.7 Å². The molecule has 0 aliphatic carbocycles. The van der Waals surface area contributed by atoms with Gasteiger partial charge in [0, 0.05) is 10.8 Å². The van der Waals surface area contributed by atoms with Crippen molar-refractivity contribution in [3.05, 3.63) is 0 Å². The lowest BCUT2D eigenvalue weighted by Crippen LogP contribution is -2.49. The smallest absolute Gasteiger partial charge is 0.0701 e. The van der Waals surface area contributed by atoms with Crippen molar-refractivity contribution in [1.29, 1.82) is 0 Å². The Hall–Kier alpha value is -0.320. The summed E-state index contributed by atoms with van der Waals surface area (Å²) in [5, 5.41) is 16.7. The quantitative estimate of drug-likeness (QED) is 0.363. The first-order valence-electron chi connectivity index (χ1n) is 10.3. The van der Waals surface area contributed by atoms with Crippen LogP contribution < -0.4 is 0 Å². The minimum atomic E-state index is 0.0413. The van der Waals surface area contributed by atoms with E-state index in [2.05, 4.69) is 13.8 Å². The molecule has 8 nitrogen and oxygen atoms in total. The van der Waals surface area contributed by atoms with Crippen LogP contribution in [0.25, 0.3) is 0 Å². The van der Waals surface area contributed by atoms with Gasteiger partial charge >= 0.3 is 0 Å². The van der Waals surface area contributed by atoms with E-state index in [4.69, 9.17) is 38.6 Å². The number of aliphatic hydroxyl groups is 2. The van der Waals surface area contributed by atoms with Crippen LogP contribution in [-0.4, -0.2) is 103 Å². The molecular formula is C20H40O8. The maximum absolute atomic E-state index is 8.36. The molecule has 0 amide bonds. The van der Waals surface area contributed by atoms with Gasteiger partial charge in [0.15, 0.2) is 0 Å². The van der Waals surface area contributed by atoms with Crippen molar-refractivity contribution in [2.24, 2.45) is 10.8 Å². The molecule has 0 atom stereocenters. The molecule has 0 saturated carbocycles. The zero-order valence-corrected chi connectivity index (χ0v) is 17.7. The minimum Gasteiger partial charge on any atom is -0.394 e. The molecule has 0 radical (unpaired) electrons. The predicted molar refractivity (Wildman–Crippen MR) is 105 cm³/mol. The molecule has 2 fully saturated rings. The van der Waals surface area contributed by atoms with Crippen LogP contribution in [0.2, 0.25) is 0 Å². The third kappa shape index (κ3) is 9.93. The van der Waals surface area contributed by atoms with Crippen LogP contribution >= 0.6 is 0 Å². The van der Waals surface area contributed by atoms with Gasteiger partial charge in [0.2, 0.25) is 0 Å². The van der Waals surface area contributed by atoms with Crippen molar-refractivity contribution in [1.82, 2.24) is 0 Å². The summed E-state index contributed by atoms with van der Waals surface area (Å²) in [4.78, 5) is 0. The van der Waals surface area contributed by atoms with E-state index in [1.54, 1.807) is 0 Å². The van der Waals surface area contributed by atoms with E-state index in [1.165, 1.54) is 0 Å². The van der Waals surface area contributed by atoms with Crippen molar-refractivity contribution in [2.75, 3.05) is 92.5 Å². The average molecular weight is 409 g/mol. The van der Waals surface area contributed by atoms with Crippen LogP contribution in [0.1, 0.15) is 26.7 Å². The largest absolute Gasteiger partial charge is 0.394 e. The second-order valence-corrected chi connectivity index (χ2v) is 7.47. The molecule has 2 saturated heterocycles. The molecule has 28 heavy (non-hydrogen) atoms.